The lowest BCUT2D eigenvalue weighted by molar-refractivity contribution is 0.427. The van der Waals surface area contributed by atoms with Gasteiger partial charge in [-0.1, -0.05) is 6.08 Å². The molecule has 0 amide bonds. The van der Waals surface area contributed by atoms with Crippen LogP contribution in [0.5, 0.6) is 0 Å². The predicted molar refractivity (Wildman–Crippen MR) is 33.6 cm³/mol. The molecular weight excluding hydrogens is 104 g/mol. The molecule has 0 bridgehead atoms. The summed E-state index contributed by atoms with van der Waals surface area (Å²) < 4.78 is 5.02. The van der Waals surface area contributed by atoms with Crippen LogP contribution in [-0.2, 0) is 4.43 Å². The van der Waals surface area contributed by atoms with Crippen LogP contribution in [0.1, 0.15) is 0 Å². The second-order valence-electron chi connectivity index (χ2n) is 1.40. The molecule has 0 aliphatic heterocycles. The van der Waals surface area contributed by atoms with Crippen molar-refractivity contribution in [1.29, 1.82) is 0 Å². The van der Waals surface area contributed by atoms with Gasteiger partial charge in [0.15, 0.2) is 0 Å². The average Bonchev–Trinajstić information content (AvgIpc) is 1.68. The fourth-order valence-corrected chi connectivity index (χ4v) is 0.860. The van der Waals surface area contributed by atoms with E-state index in [-0.39, 0.29) is 0 Å². The second-order valence-corrected chi connectivity index (χ2v) is 3.62. The Morgan fingerprint density at radius 2 is 2.43 bits per heavy atom. The van der Waals surface area contributed by atoms with Crippen LogP contribution in [0.25, 0.3) is 0 Å². The molecule has 2 heteroatoms. The first kappa shape index (κ1) is 6.92. The summed E-state index contributed by atoms with van der Waals surface area (Å²) in [4.78, 5) is 0. The molecule has 0 unspecified atom stereocenters. The van der Waals surface area contributed by atoms with Crippen LogP contribution >= 0.6 is 0 Å². The zero-order valence-corrected chi connectivity index (χ0v) is 5.90. The maximum Gasteiger partial charge on any atom is 0.211 e. The molecule has 1 nitrogen and oxygen atoms in total. The Bertz CT molecular complexity index is 54.0. The van der Waals surface area contributed by atoms with E-state index < -0.39 is 9.04 Å². The summed E-state index contributed by atoms with van der Waals surface area (Å²) in [5.74, 6) is 0. The Morgan fingerprint density at radius 3 is 2.57 bits per heavy atom. The molecule has 0 atom stereocenters. The Morgan fingerprint density at radius 1 is 1.86 bits per heavy atom. The summed E-state index contributed by atoms with van der Waals surface area (Å²) in [5, 5.41) is 0. The molecular formula is C5H11OSi. The van der Waals surface area contributed by atoms with Crippen LogP contribution < -0.4 is 0 Å². The van der Waals surface area contributed by atoms with Crippen molar-refractivity contribution in [1.82, 2.24) is 0 Å². The lowest BCUT2D eigenvalue weighted by atomic mass is 10.8. The standard InChI is InChI=1S/C5H11OSi/c1-4-5-7(3)6-2/h4H,1,5H2,2-3H3. The van der Waals surface area contributed by atoms with Gasteiger partial charge < -0.3 is 4.43 Å². The summed E-state index contributed by atoms with van der Waals surface area (Å²) in [6, 6.07) is 1.04. The Labute approximate surface area is 46.7 Å². The maximum atomic E-state index is 5.02. The first-order valence-corrected chi connectivity index (χ1v) is 4.40. The Balaban J connectivity index is 2.98. The molecule has 0 aromatic rings. The minimum atomic E-state index is -0.498. The van der Waals surface area contributed by atoms with Gasteiger partial charge in [0, 0.05) is 7.11 Å². The largest absolute Gasteiger partial charge is 0.420 e. The molecule has 0 aliphatic carbocycles. The van der Waals surface area contributed by atoms with Gasteiger partial charge in [-0.25, -0.2) is 0 Å². The van der Waals surface area contributed by atoms with Crippen LogP contribution in [0.2, 0.25) is 12.6 Å². The molecule has 0 aromatic heterocycles. The molecule has 41 valence electrons. The van der Waals surface area contributed by atoms with Crippen molar-refractivity contribution in [2.45, 2.75) is 12.6 Å². The molecule has 0 spiro atoms. The van der Waals surface area contributed by atoms with Crippen LogP contribution in [0, 0.1) is 0 Å². The Hall–Kier alpha value is -0.0831. The fraction of sp³-hybridized carbons (Fsp3) is 0.600. The van der Waals surface area contributed by atoms with Gasteiger partial charge in [-0.3, -0.25) is 0 Å². The van der Waals surface area contributed by atoms with E-state index >= 15 is 0 Å². The number of hydrogen-bond acceptors (Lipinski definition) is 1. The smallest absolute Gasteiger partial charge is 0.211 e. The van der Waals surface area contributed by atoms with Gasteiger partial charge in [0.25, 0.3) is 0 Å². The van der Waals surface area contributed by atoms with E-state index in [2.05, 4.69) is 13.1 Å². The lowest BCUT2D eigenvalue weighted by Gasteiger charge is -1.98. The highest BCUT2D eigenvalue weighted by Gasteiger charge is 1.96. The summed E-state index contributed by atoms with van der Waals surface area (Å²) in [6.07, 6.45) is 1.90. The maximum absolute atomic E-state index is 5.02. The topological polar surface area (TPSA) is 9.23 Å². The van der Waals surface area contributed by atoms with Crippen molar-refractivity contribution < 1.29 is 4.43 Å². The first-order valence-electron chi connectivity index (χ1n) is 2.28. The number of hydrogen-bond donors (Lipinski definition) is 0. The van der Waals surface area contributed by atoms with Gasteiger partial charge in [0.2, 0.25) is 9.04 Å². The van der Waals surface area contributed by atoms with Crippen LogP contribution in [-0.4, -0.2) is 16.2 Å². The van der Waals surface area contributed by atoms with Crippen molar-refractivity contribution >= 4 is 9.04 Å². The molecule has 0 saturated heterocycles. The quantitative estimate of drug-likeness (QED) is 0.399. The minimum Gasteiger partial charge on any atom is -0.420 e. The van der Waals surface area contributed by atoms with Crippen molar-refractivity contribution in [2.24, 2.45) is 0 Å². The van der Waals surface area contributed by atoms with Crippen LogP contribution in [0.4, 0.5) is 0 Å². The van der Waals surface area contributed by atoms with Crippen molar-refractivity contribution in [3.8, 4) is 0 Å². The molecule has 0 saturated carbocycles. The highest BCUT2D eigenvalue weighted by atomic mass is 28.3. The number of allylic oxidation sites excluding steroid dienone is 1. The summed E-state index contributed by atoms with van der Waals surface area (Å²) >= 11 is 0. The van der Waals surface area contributed by atoms with E-state index in [0.717, 1.165) is 6.04 Å². The normalized spacial score (nSPS) is 9.57. The average molecular weight is 115 g/mol. The van der Waals surface area contributed by atoms with Gasteiger partial charge in [-0.2, -0.15) is 0 Å². The summed E-state index contributed by atoms with van der Waals surface area (Å²) in [5.41, 5.74) is 0. The third kappa shape index (κ3) is 3.75. The molecule has 7 heavy (non-hydrogen) atoms. The van der Waals surface area contributed by atoms with Gasteiger partial charge >= 0.3 is 0 Å². The van der Waals surface area contributed by atoms with Gasteiger partial charge in [-0.05, 0) is 12.6 Å². The highest BCUT2D eigenvalue weighted by molar-refractivity contribution is 6.50. The molecule has 0 aromatic carbocycles. The highest BCUT2D eigenvalue weighted by Crippen LogP contribution is 1.90. The number of rotatable bonds is 3. The fourth-order valence-electron chi connectivity index (χ4n) is 0.287. The van der Waals surface area contributed by atoms with Crippen molar-refractivity contribution in [3.05, 3.63) is 12.7 Å². The van der Waals surface area contributed by atoms with Gasteiger partial charge in [0.05, 0.1) is 0 Å². The SMILES string of the molecule is C=CC[Si](C)OC. The molecule has 0 rings (SSSR count). The van der Waals surface area contributed by atoms with E-state index in [9.17, 15) is 0 Å². The summed E-state index contributed by atoms with van der Waals surface area (Å²) in [7, 11) is 1.25. The molecule has 0 fully saturated rings. The van der Waals surface area contributed by atoms with Crippen molar-refractivity contribution in [3.63, 3.8) is 0 Å². The first-order chi connectivity index (χ1) is 3.31. The molecule has 1 radical (unpaired) electrons. The van der Waals surface area contributed by atoms with E-state index in [4.69, 9.17) is 4.43 Å². The van der Waals surface area contributed by atoms with Crippen LogP contribution in [0.15, 0.2) is 12.7 Å². The third-order valence-electron chi connectivity index (χ3n) is 0.780. The molecule has 0 heterocycles. The van der Waals surface area contributed by atoms with E-state index in [1.54, 1.807) is 7.11 Å². The minimum absolute atomic E-state index is 0.498. The zero-order valence-electron chi connectivity index (χ0n) is 4.90. The molecule has 0 N–H and O–H groups in total. The van der Waals surface area contributed by atoms with Crippen LogP contribution in [0.3, 0.4) is 0 Å². The van der Waals surface area contributed by atoms with Gasteiger partial charge in [0.1, 0.15) is 0 Å². The second kappa shape index (κ2) is 4.09. The third-order valence-corrected chi connectivity index (χ3v) is 2.34. The van der Waals surface area contributed by atoms with Gasteiger partial charge in [-0.15, -0.1) is 6.58 Å². The zero-order chi connectivity index (χ0) is 5.70. The Kier molecular flexibility index (Phi) is 4.04. The van der Waals surface area contributed by atoms with E-state index in [0.29, 0.717) is 0 Å². The predicted octanol–water partition coefficient (Wildman–Crippen LogP) is 1.44. The van der Waals surface area contributed by atoms with Crippen molar-refractivity contribution in [2.75, 3.05) is 7.11 Å². The molecule has 0 aliphatic rings. The van der Waals surface area contributed by atoms with E-state index in [1.165, 1.54) is 0 Å². The monoisotopic (exact) mass is 115 g/mol. The lowest BCUT2D eigenvalue weighted by Crippen LogP contribution is -2.06. The summed E-state index contributed by atoms with van der Waals surface area (Å²) in [6.45, 7) is 5.71. The van der Waals surface area contributed by atoms with E-state index in [1.807, 2.05) is 6.08 Å².